The molecule has 14 heavy (non-hydrogen) atoms. The molecule has 1 aromatic heterocycles. The molecular formula is C9H8ClNO3. The second-order valence-corrected chi connectivity index (χ2v) is 2.99. The van der Waals surface area contributed by atoms with E-state index in [2.05, 4.69) is 4.98 Å². The van der Waals surface area contributed by atoms with Gasteiger partial charge in [-0.1, -0.05) is 11.6 Å². The Hall–Kier alpha value is -1.42. The zero-order valence-corrected chi connectivity index (χ0v) is 8.25. The first-order chi connectivity index (χ1) is 6.63. The van der Waals surface area contributed by atoms with Crippen molar-refractivity contribution in [2.24, 2.45) is 0 Å². The molecule has 1 rings (SSSR count). The predicted molar refractivity (Wildman–Crippen MR) is 50.8 cm³/mol. The average Bonchev–Trinajstić information content (AvgIpc) is 2.15. The summed E-state index contributed by atoms with van der Waals surface area (Å²) >= 11 is 5.69. The minimum Gasteiger partial charge on any atom is -0.483 e. The first-order valence-corrected chi connectivity index (χ1v) is 4.25. The van der Waals surface area contributed by atoms with Crippen LogP contribution in [0.5, 0.6) is 5.75 Å². The quantitative estimate of drug-likeness (QED) is 0.562. The summed E-state index contributed by atoms with van der Waals surface area (Å²) in [4.78, 5) is 24.7. The fourth-order valence-electron chi connectivity index (χ4n) is 0.788. The van der Waals surface area contributed by atoms with Gasteiger partial charge in [0, 0.05) is 0 Å². The standard InChI is InChI=1S/C9H8ClNO3/c1-6(13)5-14-8-3-2-7(4-12)11-9(8)10/h2-4H,5H2,1H3. The summed E-state index contributed by atoms with van der Waals surface area (Å²) in [6.45, 7) is 1.35. The van der Waals surface area contributed by atoms with E-state index in [1.165, 1.54) is 19.1 Å². The fourth-order valence-corrected chi connectivity index (χ4v) is 1.00. The number of ketones is 1. The van der Waals surface area contributed by atoms with Gasteiger partial charge in [-0.15, -0.1) is 0 Å². The molecule has 0 radical (unpaired) electrons. The Morgan fingerprint density at radius 2 is 2.36 bits per heavy atom. The molecule has 0 fully saturated rings. The van der Waals surface area contributed by atoms with Crippen LogP contribution in [0.2, 0.25) is 5.15 Å². The molecule has 74 valence electrons. The van der Waals surface area contributed by atoms with Crippen molar-refractivity contribution in [3.63, 3.8) is 0 Å². The average molecular weight is 214 g/mol. The Morgan fingerprint density at radius 3 is 2.86 bits per heavy atom. The molecule has 0 aliphatic heterocycles. The molecule has 0 saturated carbocycles. The summed E-state index contributed by atoms with van der Waals surface area (Å²) in [7, 11) is 0. The molecule has 0 spiro atoms. The van der Waals surface area contributed by atoms with Crippen LogP contribution in [0.4, 0.5) is 0 Å². The van der Waals surface area contributed by atoms with Crippen molar-refractivity contribution in [2.75, 3.05) is 6.61 Å². The van der Waals surface area contributed by atoms with Crippen LogP contribution in [0.25, 0.3) is 0 Å². The van der Waals surface area contributed by atoms with E-state index in [-0.39, 0.29) is 23.2 Å². The summed E-state index contributed by atoms with van der Waals surface area (Å²) in [5.41, 5.74) is 0.227. The fraction of sp³-hybridized carbons (Fsp3) is 0.222. The summed E-state index contributed by atoms with van der Waals surface area (Å²) < 4.78 is 5.04. The van der Waals surface area contributed by atoms with Gasteiger partial charge in [-0.05, 0) is 19.1 Å². The van der Waals surface area contributed by atoms with E-state index in [1.807, 2.05) is 0 Å². The van der Waals surface area contributed by atoms with Crippen LogP contribution in [0.1, 0.15) is 17.4 Å². The van der Waals surface area contributed by atoms with E-state index < -0.39 is 0 Å². The molecule has 0 amide bonds. The van der Waals surface area contributed by atoms with Gasteiger partial charge in [0.2, 0.25) is 0 Å². The van der Waals surface area contributed by atoms with Gasteiger partial charge in [0.1, 0.15) is 12.3 Å². The molecule has 1 aromatic rings. The number of aromatic nitrogens is 1. The van der Waals surface area contributed by atoms with Crippen molar-refractivity contribution < 1.29 is 14.3 Å². The van der Waals surface area contributed by atoms with E-state index in [9.17, 15) is 9.59 Å². The molecule has 0 atom stereocenters. The zero-order chi connectivity index (χ0) is 10.6. The third kappa shape index (κ3) is 2.81. The van der Waals surface area contributed by atoms with Crippen LogP contribution in [-0.4, -0.2) is 23.7 Å². The lowest BCUT2D eigenvalue weighted by molar-refractivity contribution is -0.118. The Bertz CT molecular complexity index is 365. The van der Waals surface area contributed by atoms with Gasteiger partial charge in [0.15, 0.2) is 23.0 Å². The molecule has 0 aliphatic rings. The highest BCUT2D eigenvalue weighted by Gasteiger charge is 2.05. The lowest BCUT2D eigenvalue weighted by Gasteiger charge is -2.04. The van der Waals surface area contributed by atoms with Crippen LogP contribution in [0.3, 0.4) is 0 Å². The largest absolute Gasteiger partial charge is 0.483 e. The molecule has 0 bridgehead atoms. The maximum absolute atomic E-state index is 10.6. The molecule has 1 heterocycles. The van der Waals surface area contributed by atoms with E-state index in [1.54, 1.807) is 0 Å². The van der Waals surface area contributed by atoms with Gasteiger partial charge in [-0.25, -0.2) is 4.98 Å². The number of halogens is 1. The maximum atomic E-state index is 10.6. The van der Waals surface area contributed by atoms with E-state index >= 15 is 0 Å². The number of ether oxygens (including phenoxy) is 1. The Balaban J connectivity index is 2.78. The lowest BCUT2D eigenvalue weighted by atomic mass is 10.3. The van der Waals surface area contributed by atoms with Crippen LogP contribution in [0.15, 0.2) is 12.1 Å². The molecule has 0 aromatic carbocycles. The molecule has 0 aliphatic carbocycles. The Kier molecular flexibility index (Phi) is 3.59. The van der Waals surface area contributed by atoms with Crippen molar-refractivity contribution in [1.82, 2.24) is 4.98 Å². The highest BCUT2D eigenvalue weighted by molar-refractivity contribution is 6.30. The van der Waals surface area contributed by atoms with Gasteiger partial charge >= 0.3 is 0 Å². The van der Waals surface area contributed by atoms with Gasteiger partial charge in [0.05, 0.1) is 0 Å². The highest BCUT2D eigenvalue weighted by Crippen LogP contribution is 2.21. The number of carbonyl (C=O) groups excluding carboxylic acids is 2. The molecule has 0 unspecified atom stereocenters. The number of carbonyl (C=O) groups is 2. The number of Topliss-reactive ketones (excluding diaryl/α,β-unsaturated/α-hetero) is 1. The summed E-state index contributed by atoms with van der Waals surface area (Å²) in [6, 6.07) is 2.97. The Labute approximate surface area is 85.9 Å². The van der Waals surface area contributed by atoms with Gasteiger partial charge in [-0.2, -0.15) is 0 Å². The van der Waals surface area contributed by atoms with Gasteiger partial charge < -0.3 is 4.74 Å². The molecule has 0 N–H and O–H groups in total. The smallest absolute Gasteiger partial charge is 0.171 e. The summed E-state index contributed by atoms with van der Waals surface area (Å²) in [6.07, 6.45) is 0.584. The van der Waals surface area contributed by atoms with Crippen molar-refractivity contribution in [3.8, 4) is 5.75 Å². The van der Waals surface area contributed by atoms with Crippen molar-refractivity contribution in [3.05, 3.63) is 23.0 Å². The summed E-state index contributed by atoms with van der Waals surface area (Å²) in [5.74, 6) is 0.188. The third-order valence-corrected chi connectivity index (χ3v) is 1.66. The van der Waals surface area contributed by atoms with Crippen molar-refractivity contribution in [2.45, 2.75) is 6.92 Å². The summed E-state index contributed by atoms with van der Waals surface area (Å²) in [5, 5.41) is 0.0795. The first-order valence-electron chi connectivity index (χ1n) is 3.87. The highest BCUT2D eigenvalue weighted by atomic mass is 35.5. The van der Waals surface area contributed by atoms with Gasteiger partial charge in [0.25, 0.3) is 0 Å². The van der Waals surface area contributed by atoms with E-state index in [0.717, 1.165) is 0 Å². The second kappa shape index (κ2) is 4.72. The maximum Gasteiger partial charge on any atom is 0.171 e. The number of pyridine rings is 1. The second-order valence-electron chi connectivity index (χ2n) is 2.63. The van der Waals surface area contributed by atoms with E-state index in [0.29, 0.717) is 12.0 Å². The van der Waals surface area contributed by atoms with Crippen LogP contribution < -0.4 is 4.74 Å². The number of hydrogen-bond acceptors (Lipinski definition) is 4. The minimum atomic E-state index is -0.111. The SMILES string of the molecule is CC(=O)COc1ccc(C=O)nc1Cl. The zero-order valence-electron chi connectivity index (χ0n) is 7.49. The Morgan fingerprint density at radius 1 is 1.64 bits per heavy atom. The number of aldehydes is 1. The van der Waals surface area contributed by atoms with Gasteiger partial charge in [-0.3, -0.25) is 9.59 Å². The molecular weight excluding hydrogens is 206 g/mol. The molecule has 4 nitrogen and oxygen atoms in total. The minimum absolute atomic E-state index is 0.0537. The monoisotopic (exact) mass is 213 g/mol. The third-order valence-electron chi connectivity index (χ3n) is 1.39. The van der Waals surface area contributed by atoms with Crippen LogP contribution >= 0.6 is 11.6 Å². The predicted octanol–water partition coefficient (Wildman–Crippen LogP) is 1.52. The van der Waals surface area contributed by atoms with Crippen LogP contribution in [0, 0.1) is 0 Å². The number of rotatable bonds is 4. The van der Waals surface area contributed by atoms with E-state index in [4.69, 9.17) is 16.3 Å². The normalized spacial score (nSPS) is 9.57. The topological polar surface area (TPSA) is 56.3 Å². The van der Waals surface area contributed by atoms with Crippen molar-refractivity contribution >= 4 is 23.7 Å². The number of hydrogen-bond donors (Lipinski definition) is 0. The van der Waals surface area contributed by atoms with Crippen LogP contribution in [-0.2, 0) is 4.79 Å². The molecule has 0 saturated heterocycles. The number of nitrogens with zero attached hydrogens (tertiary/aromatic N) is 1. The molecule has 5 heteroatoms. The first kappa shape index (κ1) is 10.7. The lowest BCUT2D eigenvalue weighted by Crippen LogP contribution is -2.07. The van der Waals surface area contributed by atoms with Crippen molar-refractivity contribution in [1.29, 1.82) is 0 Å².